The Balaban J connectivity index is 1.47. The van der Waals surface area contributed by atoms with Crippen molar-refractivity contribution in [1.82, 2.24) is 15.1 Å². The van der Waals surface area contributed by atoms with Crippen LogP contribution < -0.4 is 5.32 Å². The van der Waals surface area contributed by atoms with Crippen LogP contribution in [0, 0.1) is 0 Å². The maximum atomic E-state index is 13.3. The van der Waals surface area contributed by atoms with E-state index in [1.165, 1.54) is 0 Å². The van der Waals surface area contributed by atoms with E-state index in [9.17, 15) is 14.4 Å². The van der Waals surface area contributed by atoms with E-state index in [2.05, 4.69) is 22.3 Å². The first-order valence-electron chi connectivity index (χ1n) is 13.5. The molecular weight excluding hydrogens is 482 g/mol. The molecule has 0 spiro atoms. The molecule has 0 bridgehead atoms. The minimum absolute atomic E-state index is 0.0579. The highest BCUT2D eigenvalue weighted by Gasteiger charge is 2.43. The summed E-state index contributed by atoms with van der Waals surface area (Å²) in [6.45, 7) is 12.8. The van der Waals surface area contributed by atoms with Crippen molar-refractivity contribution < 1.29 is 23.9 Å². The van der Waals surface area contributed by atoms with Gasteiger partial charge in [-0.1, -0.05) is 30.3 Å². The third kappa shape index (κ3) is 6.97. The number of hydrogen-bond donors (Lipinski definition) is 1. The van der Waals surface area contributed by atoms with Crippen LogP contribution in [0.5, 0.6) is 0 Å². The molecule has 3 aliphatic heterocycles. The molecule has 0 aromatic heterocycles. The molecule has 3 atom stereocenters. The Hall–Kier alpha value is -3.29. The Labute approximate surface area is 226 Å². The lowest BCUT2D eigenvalue weighted by Crippen LogP contribution is -2.46. The molecule has 3 unspecified atom stereocenters. The molecule has 1 saturated heterocycles. The number of likely N-dealkylation sites (tertiary alicyclic amines) is 1. The lowest BCUT2D eigenvalue weighted by Gasteiger charge is -2.34. The Bertz CT molecular complexity index is 1110. The van der Waals surface area contributed by atoms with Crippen LogP contribution in [0.15, 0.2) is 53.9 Å². The highest BCUT2D eigenvalue weighted by molar-refractivity contribution is 5.92. The van der Waals surface area contributed by atoms with Gasteiger partial charge >= 0.3 is 5.97 Å². The quantitative estimate of drug-likeness (QED) is 0.523. The van der Waals surface area contributed by atoms with Crippen molar-refractivity contribution in [3.05, 3.63) is 59.5 Å². The zero-order valence-corrected chi connectivity index (χ0v) is 23.5. The number of nitrogens with one attached hydrogen (secondary N) is 1. The first-order valence-corrected chi connectivity index (χ1v) is 13.5. The summed E-state index contributed by atoms with van der Waals surface area (Å²) in [7, 11) is 0. The van der Waals surface area contributed by atoms with Gasteiger partial charge in [0, 0.05) is 37.4 Å². The summed E-state index contributed by atoms with van der Waals surface area (Å²) in [6, 6.07) is 9.62. The molecule has 206 valence electrons. The van der Waals surface area contributed by atoms with Gasteiger partial charge in [0.25, 0.3) is 5.91 Å². The molecule has 3 aliphatic rings. The maximum Gasteiger partial charge on any atom is 0.306 e. The van der Waals surface area contributed by atoms with Gasteiger partial charge in [0.15, 0.2) is 0 Å². The fourth-order valence-electron chi connectivity index (χ4n) is 5.44. The fraction of sp³-hybridized carbons (Fsp3) is 0.567. The van der Waals surface area contributed by atoms with Crippen LogP contribution in [-0.2, 0) is 30.3 Å². The summed E-state index contributed by atoms with van der Waals surface area (Å²) in [5, 5.41) is 3.08. The molecular formula is C30H41N3O5. The fourth-order valence-corrected chi connectivity index (χ4v) is 5.44. The number of benzene rings is 1. The van der Waals surface area contributed by atoms with Gasteiger partial charge < -0.3 is 24.6 Å². The number of nitrogens with zero attached hydrogens (tertiary/aromatic N) is 2. The zero-order valence-electron chi connectivity index (χ0n) is 23.5. The van der Waals surface area contributed by atoms with E-state index in [0.29, 0.717) is 25.1 Å². The molecule has 8 heteroatoms. The Kier molecular flexibility index (Phi) is 7.90. The number of rotatable bonds is 8. The standard InChI is InChI=1S/C30H41N3O5/c1-29(2,3)37-25-18-27(35)33(23(25)12-13-28(36)38-30(4,5)6)21-14-15-32(19-21)24-17-26(34)31-22(24)16-20-10-8-7-9-11-20/h7-11,17-18,21-23H,12-16,19H2,1-6H3,(H,31,34). The molecule has 1 aromatic carbocycles. The van der Waals surface area contributed by atoms with Crippen LogP contribution in [-0.4, -0.2) is 70.0 Å². The van der Waals surface area contributed by atoms with Gasteiger partial charge in [0.2, 0.25) is 5.91 Å². The summed E-state index contributed by atoms with van der Waals surface area (Å²) in [5.41, 5.74) is 1.09. The summed E-state index contributed by atoms with van der Waals surface area (Å²) < 4.78 is 11.7. The van der Waals surface area contributed by atoms with Crippen LogP contribution in [0.2, 0.25) is 0 Å². The van der Waals surface area contributed by atoms with E-state index in [0.717, 1.165) is 24.2 Å². The molecule has 0 radical (unpaired) electrons. The second-order valence-corrected chi connectivity index (χ2v) is 12.4. The SMILES string of the molecule is CC(C)(C)OC(=O)CCC1C(OC(C)(C)C)=CC(=O)N1C1CCN(C2=CC(=O)NC2Cc2ccccc2)C1. The van der Waals surface area contributed by atoms with Gasteiger partial charge in [-0.3, -0.25) is 14.4 Å². The van der Waals surface area contributed by atoms with Crippen molar-refractivity contribution in [1.29, 1.82) is 0 Å². The molecule has 3 heterocycles. The minimum atomic E-state index is -0.564. The molecule has 8 nitrogen and oxygen atoms in total. The third-order valence-corrected chi connectivity index (χ3v) is 6.81. The summed E-state index contributed by atoms with van der Waals surface area (Å²) >= 11 is 0. The number of amides is 2. The van der Waals surface area contributed by atoms with E-state index in [1.807, 2.05) is 64.6 Å². The largest absolute Gasteiger partial charge is 0.490 e. The molecule has 1 fully saturated rings. The highest BCUT2D eigenvalue weighted by atomic mass is 16.6. The van der Waals surface area contributed by atoms with Gasteiger partial charge in [-0.25, -0.2) is 0 Å². The lowest BCUT2D eigenvalue weighted by atomic mass is 10.0. The van der Waals surface area contributed by atoms with Crippen LogP contribution in [0.1, 0.15) is 66.4 Å². The van der Waals surface area contributed by atoms with Gasteiger partial charge in [0.05, 0.1) is 18.1 Å². The molecule has 0 aliphatic carbocycles. The minimum Gasteiger partial charge on any atom is -0.490 e. The van der Waals surface area contributed by atoms with E-state index >= 15 is 0 Å². The third-order valence-electron chi connectivity index (χ3n) is 6.81. The molecule has 0 saturated carbocycles. The predicted octanol–water partition coefficient (Wildman–Crippen LogP) is 3.72. The van der Waals surface area contributed by atoms with Crippen LogP contribution in [0.3, 0.4) is 0 Å². The van der Waals surface area contributed by atoms with Crippen molar-refractivity contribution in [2.24, 2.45) is 0 Å². The Morgan fingerprint density at radius 3 is 2.39 bits per heavy atom. The predicted molar refractivity (Wildman–Crippen MR) is 145 cm³/mol. The molecule has 1 N–H and O–H groups in total. The first-order chi connectivity index (χ1) is 17.8. The van der Waals surface area contributed by atoms with Crippen molar-refractivity contribution in [2.75, 3.05) is 13.1 Å². The second kappa shape index (κ2) is 10.8. The number of esters is 1. The van der Waals surface area contributed by atoms with Crippen molar-refractivity contribution in [3.63, 3.8) is 0 Å². The van der Waals surface area contributed by atoms with Crippen molar-refractivity contribution >= 4 is 17.8 Å². The number of carbonyl (C=O) groups is 3. The average Bonchev–Trinajstić information content (AvgIpc) is 3.48. The van der Waals surface area contributed by atoms with E-state index in [-0.39, 0.29) is 42.3 Å². The Morgan fingerprint density at radius 2 is 1.74 bits per heavy atom. The van der Waals surface area contributed by atoms with Gasteiger partial charge in [-0.15, -0.1) is 0 Å². The molecule has 1 aromatic rings. The van der Waals surface area contributed by atoms with Crippen LogP contribution in [0.25, 0.3) is 0 Å². The monoisotopic (exact) mass is 523 g/mol. The smallest absolute Gasteiger partial charge is 0.306 e. The van der Waals surface area contributed by atoms with Crippen molar-refractivity contribution in [3.8, 4) is 0 Å². The molecule has 2 amide bonds. The number of hydrogen-bond acceptors (Lipinski definition) is 6. The van der Waals surface area contributed by atoms with E-state index < -0.39 is 11.2 Å². The lowest BCUT2D eigenvalue weighted by molar-refractivity contribution is -0.155. The van der Waals surface area contributed by atoms with Gasteiger partial charge in [-0.2, -0.15) is 0 Å². The van der Waals surface area contributed by atoms with Crippen LogP contribution in [0.4, 0.5) is 0 Å². The second-order valence-electron chi connectivity index (χ2n) is 12.4. The van der Waals surface area contributed by atoms with Gasteiger partial charge in [0.1, 0.15) is 17.0 Å². The van der Waals surface area contributed by atoms with E-state index in [1.54, 1.807) is 12.2 Å². The molecule has 38 heavy (non-hydrogen) atoms. The summed E-state index contributed by atoms with van der Waals surface area (Å²) in [5.74, 6) is 0.132. The first kappa shape index (κ1) is 27.7. The highest BCUT2D eigenvalue weighted by Crippen LogP contribution is 2.34. The summed E-state index contributed by atoms with van der Waals surface area (Å²) in [6.07, 6.45) is 5.37. The van der Waals surface area contributed by atoms with Gasteiger partial charge in [-0.05, 0) is 66.4 Å². The average molecular weight is 524 g/mol. The Morgan fingerprint density at radius 1 is 1.03 bits per heavy atom. The summed E-state index contributed by atoms with van der Waals surface area (Å²) in [4.78, 5) is 42.2. The number of carbonyl (C=O) groups excluding carboxylic acids is 3. The zero-order chi connectivity index (χ0) is 27.7. The molecule has 4 rings (SSSR count). The normalized spacial score (nSPS) is 23.9. The van der Waals surface area contributed by atoms with E-state index in [4.69, 9.17) is 9.47 Å². The maximum absolute atomic E-state index is 13.3. The topological polar surface area (TPSA) is 88.2 Å². The number of ether oxygens (including phenoxy) is 2. The van der Waals surface area contributed by atoms with Crippen LogP contribution >= 0.6 is 0 Å². The van der Waals surface area contributed by atoms with Crippen molar-refractivity contribution in [2.45, 2.75) is 96.6 Å².